The molecule has 2 heterocycles. The normalized spacial score (nSPS) is 23.9. The van der Waals surface area contributed by atoms with Gasteiger partial charge in [0.05, 0.1) is 24.7 Å². The average Bonchev–Trinajstić information content (AvgIpc) is 2.60. The van der Waals surface area contributed by atoms with Crippen LogP contribution in [0.1, 0.15) is 12.8 Å². The Labute approximate surface area is 148 Å². The number of para-hydroxylation sites is 2. The number of carbonyl (C=O) groups is 2. The number of amides is 2. The Morgan fingerprint density at radius 2 is 1.96 bits per heavy atom. The predicted octanol–water partition coefficient (Wildman–Crippen LogP) is 1.54. The summed E-state index contributed by atoms with van der Waals surface area (Å²) in [6.07, 6.45) is -4.78. The lowest BCUT2D eigenvalue weighted by Gasteiger charge is -2.37. The molecular formula is C17H20F3N3O3. The summed E-state index contributed by atoms with van der Waals surface area (Å²) in [5.74, 6) is -2.15. The number of ether oxygens (including phenoxy) is 1. The zero-order valence-electron chi connectivity index (χ0n) is 14.0. The quantitative estimate of drug-likeness (QED) is 0.875. The van der Waals surface area contributed by atoms with E-state index >= 15 is 0 Å². The summed E-state index contributed by atoms with van der Waals surface area (Å²) in [6.45, 7) is 0.0398. The minimum Gasteiger partial charge on any atom is -0.477 e. The molecule has 2 N–H and O–H groups in total. The first-order chi connectivity index (χ1) is 12.3. The van der Waals surface area contributed by atoms with Gasteiger partial charge in [-0.1, -0.05) is 12.1 Å². The van der Waals surface area contributed by atoms with E-state index in [1.165, 1.54) is 9.80 Å². The number of halogens is 3. The Hall–Kier alpha value is -2.29. The fraction of sp³-hybridized carbons (Fsp3) is 0.529. The zero-order chi connectivity index (χ0) is 18.9. The number of rotatable bonds is 3. The summed E-state index contributed by atoms with van der Waals surface area (Å²) in [5, 5.41) is 0. The standard InChI is InChI=1S/C17H20F3N3O3/c18-17(19,20)11-4-3-7-22(8-11)10-15(24)23-9-14(16(21)25)26-13-6-2-1-5-12(13)23/h1-2,5-6,11,14H,3-4,7-10H2,(H2,21,25). The number of benzene rings is 1. The molecular weight excluding hydrogens is 351 g/mol. The number of piperidine rings is 1. The highest BCUT2D eigenvalue weighted by Gasteiger charge is 2.42. The summed E-state index contributed by atoms with van der Waals surface area (Å²) < 4.78 is 44.4. The third-order valence-electron chi connectivity index (χ3n) is 4.72. The molecule has 1 aromatic carbocycles. The van der Waals surface area contributed by atoms with Crippen LogP contribution in [0.3, 0.4) is 0 Å². The first-order valence-electron chi connectivity index (χ1n) is 8.40. The molecule has 9 heteroatoms. The Morgan fingerprint density at radius 1 is 1.23 bits per heavy atom. The molecule has 1 saturated heterocycles. The van der Waals surface area contributed by atoms with Crippen LogP contribution in [0.15, 0.2) is 24.3 Å². The molecule has 1 aromatic rings. The van der Waals surface area contributed by atoms with Crippen LogP contribution in [0.2, 0.25) is 0 Å². The molecule has 0 bridgehead atoms. The number of hydrogen-bond donors (Lipinski definition) is 1. The van der Waals surface area contributed by atoms with Crippen molar-refractivity contribution in [2.45, 2.75) is 25.1 Å². The van der Waals surface area contributed by atoms with Crippen LogP contribution in [0, 0.1) is 5.92 Å². The van der Waals surface area contributed by atoms with Crippen molar-refractivity contribution in [1.29, 1.82) is 0 Å². The van der Waals surface area contributed by atoms with Gasteiger partial charge in [0.2, 0.25) is 5.91 Å². The monoisotopic (exact) mass is 371 g/mol. The van der Waals surface area contributed by atoms with Gasteiger partial charge in [0.25, 0.3) is 5.91 Å². The minimum atomic E-state index is -4.26. The number of primary amides is 1. The molecule has 2 aliphatic heterocycles. The summed E-state index contributed by atoms with van der Waals surface area (Å²) in [7, 11) is 0. The molecule has 1 fully saturated rings. The van der Waals surface area contributed by atoms with E-state index in [2.05, 4.69) is 0 Å². The number of nitrogens with two attached hydrogens (primary N) is 1. The zero-order valence-corrected chi connectivity index (χ0v) is 14.0. The van der Waals surface area contributed by atoms with Crippen LogP contribution in [-0.4, -0.2) is 55.2 Å². The van der Waals surface area contributed by atoms with Gasteiger partial charge < -0.3 is 15.4 Å². The van der Waals surface area contributed by atoms with Gasteiger partial charge in [0.1, 0.15) is 5.75 Å². The van der Waals surface area contributed by atoms with Crippen molar-refractivity contribution in [2.75, 3.05) is 31.1 Å². The van der Waals surface area contributed by atoms with Gasteiger partial charge in [-0.05, 0) is 31.5 Å². The fourth-order valence-corrected chi connectivity index (χ4v) is 3.36. The Morgan fingerprint density at radius 3 is 2.65 bits per heavy atom. The highest BCUT2D eigenvalue weighted by Crippen LogP contribution is 2.35. The van der Waals surface area contributed by atoms with Crippen molar-refractivity contribution in [2.24, 2.45) is 11.7 Å². The molecule has 2 unspecified atom stereocenters. The van der Waals surface area contributed by atoms with Crippen molar-refractivity contribution >= 4 is 17.5 Å². The van der Waals surface area contributed by atoms with E-state index in [0.717, 1.165) is 0 Å². The van der Waals surface area contributed by atoms with Crippen molar-refractivity contribution in [3.05, 3.63) is 24.3 Å². The molecule has 0 saturated carbocycles. The predicted molar refractivity (Wildman–Crippen MR) is 87.6 cm³/mol. The van der Waals surface area contributed by atoms with Crippen LogP contribution in [0.4, 0.5) is 18.9 Å². The third-order valence-corrected chi connectivity index (χ3v) is 4.72. The van der Waals surface area contributed by atoms with Gasteiger partial charge in [-0.3, -0.25) is 14.5 Å². The van der Waals surface area contributed by atoms with E-state index in [9.17, 15) is 22.8 Å². The maximum Gasteiger partial charge on any atom is 0.393 e. The van der Waals surface area contributed by atoms with E-state index in [1.807, 2.05) is 0 Å². The van der Waals surface area contributed by atoms with E-state index in [0.29, 0.717) is 24.4 Å². The lowest BCUT2D eigenvalue weighted by Crippen LogP contribution is -2.52. The largest absolute Gasteiger partial charge is 0.477 e. The number of likely N-dealkylation sites (tertiary alicyclic amines) is 1. The number of nitrogens with zero attached hydrogens (tertiary/aromatic N) is 2. The summed E-state index contributed by atoms with van der Waals surface area (Å²) in [6, 6.07) is 6.70. The molecule has 3 rings (SSSR count). The van der Waals surface area contributed by atoms with Crippen molar-refractivity contribution < 1.29 is 27.5 Å². The molecule has 0 aliphatic carbocycles. The van der Waals surface area contributed by atoms with Crippen LogP contribution in [0.5, 0.6) is 5.75 Å². The van der Waals surface area contributed by atoms with Gasteiger partial charge in [-0.15, -0.1) is 0 Å². The summed E-state index contributed by atoms with van der Waals surface area (Å²) in [4.78, 5) is 27.1. The van der Waals surface area contributed by atoms with E-state index in [4.69, 9.17) is 10.5 Å². The lowest BCUT2D eigenvalue weighted by atomic mass is 9.97. The Bertz CT molecular complexity index is 695. The fourth-order valence-electron chi connectivity index (χ4n) is 3.36. The molecule has 0 spiro atoms. The molecule has 6 nitrogen and oxygen atoms in total. The van der Waals surface area contributed by atoms with Crippen LogP contribution < -0.4 is 15.4 Å². The summed E-state index contributed by atoms with van der Waals surface area (Å²) in [5.41, 5.74) is 5.79. The number of hydrogen-bond acceptors (Lipinski definition) is 4. The minimum absolute atomic E-state index is 0.0538. The Balaban J connectivity index is 1.73. The summed E-state index contributed by atoms with van der Waals surface area (Å²) >= 11 is 0. The molecule has 2 aliphatic rings. The van der Waals surface area contributed by atoms with Crippen LogP contribution >= 0.6 is 0 Å². The second kappa shape index (κ2) is 7.14. The van der Waals surface area contributed by atoms with Crippen molar-refractivity contribution in [1.82, 2.24) is 4.90 Å². The first kappa shape index (κ1) is 18.5. The SMILES string of the molecule is NC(=O)C1CN(C(=O)CN2CCCC(C(F)(F)F)C2)c2ccccc2O1. The maximum atomic E-state index is 13.0. The van der Waals surface area contributed by atoms with Gasteiger partial charge in [-0.2, -0.15) is 13.2 Å². The van der Waals surface area contributed by atoms with Crippen molar-refractivity contribution in [3.8, 4) is 5.75 Å². The Kier molecular flexibility index (Phi) is 5.08. The number of alkyl halides is 3. The third kappa shape index (κ3) is 3.92. The molecule has 2 amide bonds. The van der Waals surface area contributed by atoms with E-state index in [1.54, 1.807) is 24.3 Å². The molecule has 26 heavy (non-hydrogen) atoms. The second-order valence-electron chi connectivity index (χ2n) is 6.60. The van der Waals surface area contributed by atoms with Gasteiger partial charge in [0.15, 0.2) is 6.10 Å². The van der Waals surface area contributed by atoms with Crippen molar-refractivity contribution in [3.63, 3.8) is 0 Å². The van der Waals surface area contributed by atoms with Gasteiger partial charge in [0, 0.05) is 6.54 Å². The number of carbonyl (C=O) groups excluding carboxylic acids is 2. The highest BCUT2D eigenvalue weighted by atomic mass is 19.4. The molecule has 2 atom stereocenters. The van der Waals surface area contributed by atoms with Gasteiger partial charge in [-0.25, -0.2) is 0 Å². The number of fused-ring (bicyclic) bond motifs is 1. The molecule has 142 valence electrons. The maximum absolute atomic E-state index is 13.0. The smallest absolute Gasteiger partial charge is 0.393 e. The molecule has 0 aromatic heterocycles. The molecule has 0 radical (unpaired) electrons. The second-order valence-corrected chi connectivity index (χ2v) is 6.60. The average molecular weight is 371 g/mol. The lowest BCUT2D eigenvalue weighted by molar-refractivity contribution is -0.187. The van der Waals surface area contributed by atoms with Gasteiger partial charge >= 0.3 is 6.18 Å². The highest BCUT2D eigenvalue weighted by molar-refractivity contribution is 5.98. The topological polar surface area (TPSA) is 75.9 Å². The number of anilines is 1. The van der Waals surface area contributed by atoms with Crippen LogP contribution in [0.25, 0.3) is 0 Å². The van der Waals surface area contributed by atoms with Crippen LogP contribution in [-0.2, 0) is 9.59 Å². The first-order valence-corrected chi connectivity index (χ1v) is 8.40. The van der Waals surface area contributed by atoms with E-state index < -0.39 is 24.1 Å². The van der Waals surface area contributed by atoms with E-state index in [-0.39, 0.29) is 32.0 Å².